The minimum absolute atomic E-state index is 0.0463. The fraction of sp³-hybridized carbons (Fsp3) is 0. The van der Waals surface area contributed by atoms with Crippen LogP contribution in [0.5, 0.6) is 0 Å². The Hall–Kier alpha value is -2.19. The van der Waals surface area contributed by atoms with Crippen LogP contribution in [0.25, 0.3) is 0 Å². The van der Waals surface area contributed by atoms with Crippen molar-refractivity contribution in [3.05, 3.63) is 47.5 Å². The Morgan fingerprint density at radius 2 is 1.80 bits per heavy atom. The van der Waals surface area contributed by atoms with E-state index >= 15 is 0 Å². The molecule has 1 aromatic heterocycles. The summed E-state index contributed by atoms with van der Waals surface area (Å²) in [6, 6.07) is 5.64. The van der Waals surface area contributed by atoms with Crippen molar-refractivity contribution in [2.45, 2.75) is 4.90 Å². The van der Waals surface area contributed by atoms with Gasteiger partial charge in [0.2, 0.25) is 5.28 Å². The van der Waals surface area contributed by atoms with Gasteiger partial charge in [-0.15, -0.1) is 0 Å². The summed E-state index contributed by atoms with van der Waals surface area (Å²) in [6.45, 7) is 0. The summed E-state index contributed by atoms with van der Waals surface area (Å²) in [5.41, 5.74) is -0.207. The summed E-state index contributed by atoms with van der Waals surface area (Å²) in [6.07, 6.45) is 2.06. The molecule has 0 fully saturated rings. The molecule has 0 spiro atoms. The molecule has 20 heavy (non-hydrogen) atoms. The first kappa shape index (κ1) is 14.2. The summed E-state index contributed by atoms with van der Waals surface area (Å²) in [7, 11) is -3.98. The van der Waals surface area contributed by atoms with E-state index in [1.54, 1.807) is 0 Å². The average molecular weight is 314 g/mol. The van der Waals surface area contributed by atoms with Crippen molar-refractivity contribution in [3.63, 3.8) is 0 Å². The molecule has 104 valence electrons. The van der Waals surface area contributed by atoms with Crippen molar-refractivity contribution in [2.75, 3.05) is 4.72 Å². The van der Waals surface area contributed by atoms with Crippen LogP contribution in [0.15, 0.2) is 41.6 Å². The lowest BCUT2D eigenvalue weighted by Crippen LogP contribution is -2.16. The maximum atomic E-state index is 12.1. The number of carboxylic acid groups (broad SMARTS) is 1. The van der Waals surface area contributed by atoms with Gasteiger partial charge in [0.1, 0.15) is 4.90 Å². The van der Waals surface area contributed by atoms with Gasteiger partial charge in [-0.25, -0.2) is 23.2 Å². The SMILES string of the molecule is O=C(O)c1ccccc1NS(=O)(=O)c1cnc(Cl)nc1. The number of anilines is 1. The third-order valence-corrected chi connectivity index (χ3v) is 3.82. The molecule has 0 radical (unpaired) electrons. The number of para-hydroxylation sites is 1. The smallest absolute Gasteiger partial charge is 0.337 e. The standard InChI is InChI=1S/C11H8ClN3O4S/c12-11-13-5-7(6-14-11)20(18,19)15-9-4-2-1-3-8(9)10(16)17/h1-6,15H,(H,16,17). The van der Waals surface area contributed by atoms with Crippen molar-refractivity contribution in [1.29, 1.82) is 0 Å². The minimum atomic E-state index is -3.98. The van der Waals surface area contributed by atoms with Gasteiger partial charge in [-0.3, -0.25) is 4.72 Å². The van der Waals surface area contributed by atoms with Gasteiger partial charge >= 0.3 is 5.97 Å². The summed E-state index contributed by atoms with van der Waals surface area (Å²) >= 11 is 5.47. The van der Waals surface area contributed by atoms with Crippen molar-refractivity contribution in [2.24, 2.45) is 0 Å². The molecule has 0 unspecified atom stereocenters. The van der Waals surface area contributed by atoms with Crippen LogP contribution < -0.4 is 4.72 Å². The summed E-state index contributed by atoms with van der Waals surface area (Å²) < 4.78 is 26.3. The molecule has 0 saturated heterocycles. The normalized spacial score (nSPS) is 11.1. The molecule has 2 rings (SSSR count). The largest absolute Gasteiger partial charge is 0.478 e. The zero-order valence-electron chi connectivity index (χ0n) is 9.82. The Kier molecular flexibility index (Phi) is 3.86. The van der Waals surface area contributed by atoms with Crippen molar-refractivity contribution in [3.8, 4) is 0 Å². The molecule has 0 atom stereocenters. The maximum Gasteiger partial charge on any atom is 0.337 e. The molecule has 1 heterocycles. The van der Waals surface area contributed by atoms with E-state index in [1.807, 2.05) is 0 Å². The first-order valence-electron chi connectivity index (χ1n) is 5.23. The van der Waals surface area contributed by atoms with Crippen molar-refractivity contribution < 1.29 is 18.3 Å². The molecule has 0 aliphatic rings. The number of aromatic carboxylic acids is 1. The highest BCUT2D eigenvalue weighted by molar-refractivity contribution is 7.92. The summed E-state index contributed by atoms with van der Waals surface area (Å²) in [5.74, 6) is -1.24. The van der Waals surface area contributed by atoms with Gasteiger partial charge in [0, 0.05) is 0 Å². The van der Waals surface area contributed by atoms with Gasteiger partial charge in [-0.05, 0) is 23.7 Å². The van der Waals surface area contributed by atoms with E-state index in [-0.39, 0.29) is 21.4 Å². The van der Waals surface area contributed by atoms with E-state index in [0.29, 0.717) is 0 Å². The van der Waals surface area contributed by atoms with Crippen LogP contribution in [-0.4, -0.2) is 29.5 Å². The average Bonchev–Trinajstić information content (AvgIpc) is 2.39. The highest BCUT2D eigenvalue weighted by Gasteiger charge is 2.18. The quantitative estimate of drug-likeness (QED) is 0.830. The number of benzene rings is 1. The van der Waals surface area contributed by atoms with E-state index in [9.17, 15) is 13.2 Å². The van der Waals surface area contributed by atoms with Crippen LogP contribution in [0.4, 0.5) is 5.69 Å². The fourth-order valence-corrected chi connectivity index (χ4v) is 2.47. The fourth-order valence-electron chi connectivity index (χ4n) is 1.40. The molecule has 0 aliphatic carbocycles. The highest BCUT2D eigenvalue weighted by atomic mass is 35.5. The van der Waals surface area contributed by atoms with Gasteiger partial charge in [-0.2, -0.15) is 0 Å². The van der Waals surface area contributed by atoms with E-state index in [1.165, 1.54) is 24.3 Å². The number of nitrogens with one attached hydrogen (secondary N) is 1. The van der Waals surface area contributed by atoms with Crippen LogP contribution in [0.2, 0.25) is 5.28 Å². The number of rotatable bonds is 4. The van der Waals surface area contributed by atoms with Crippen molar-refractivity contribution >= 4 is 33.3 Å². The number of hydrogen-bond acceptors (Lipinski definition) is 5. The number of carboxylic acids is 1. The Labute approximate surface area is 119 Å². The van der Waals surface area contributed by atoms with Gasteiger partial charge < -0.3 is 5.11 Å². The second-order valence-corrected chi connectivity index (χ2v) is 5.66. The topological polar surface area (TPSA) is 109 Å². The van der Waals surface area contributed by atoms with Crippen LogP contribution in [0, 0.1) is 0 Å². The minimum Gasteiger partial charge on any atom is -0.478 e. The number of nitrogens with zero attached hydrogens (tertiary/aromatic N) is 2. The van der Waals surface area contributed by atoms with E-state index < -0.39 is 16.0 Å². The monoisotopic (exact) mass is 313 g/mol. The molecule has 0 aliphatic heterocycles. The lowest BCUT2D eigenvalue weighted by molar-refractivity contribution is 0.0698. The second kappa shape index (κ2) is 5.43. The molecule has 9 heteroatoms. The third-order valence-electron chi connectivity index (χ3n) is 2.31. The summed E-state index contributed by atoms with van der Waals surface area (Å²) in [5, 5.41) is 8.90. The first-order chi connectivity index (χ1) is 9.40. The predicted molar refractivity (Wildman–Crippen MR) is 71.3 cm³/mol. The molecule has 2 aromatic rings. The second-order valence-electron chi connectivity index (χ2n) is 3.64. The first-order valence-corrected chi connectivity index (χ1v) is 7.09. The molecule has 0 bridgehead atoms. The number of hydrogen-bond donors (Lipinski definition) is 2. The number of halogens is 1. The Bertz CT molecular complexity index is 747. The molecule has 2 N–H and O–H groups in total. The Morgan fingerprint density at radius 3 is 2.40 bits per heavy atom. The lowest BCUT2D eigenvalue weighted by atomic mass is 10.2. The van der Waals surface area contributed by atoms with Gasteiger partial charge in [0.25, 0.3) is 10.0 Å². The Balaban J connectivity index is 2.38. The number of sulfonamides is 1. The van der Waals surface area contributed by atoms with Crippen LogP contribution >= 0.6 is 11.6 Å². The number of aromatic nitrogens is 2. The van der Waals surface area contributed by atoms with E-state index in [0.717, 1.165) is 12.4 Å². The van der Waals surface area contributed by atoms with E-state index in [4.69, 9.17) is 16.7 Å². The molecule has 1 aromatic carbocycles. The van der Waals surface area contributed by atoms with Gasteiger partial charge in [-0.1, -0.05) is 12.1 Å². The van der Waals surface area contributed by atoms with Crippen LogP contribution in [0.1, 0.15) is 10.4 Å². The Morgan fingerprint density at radius 1 is 1.20 bits per heavy atom. The van der Waals surface area contributed by atoms with Crippen molar-refractivity contribution in [1.82, 2.24) is 9.97 Å². The zero-order chi connectivity index (χ0) is 14.8. The molecular weight excluding hydrogens is 306 g/mol. The molecule has 0 saturated carbocycles. The zero-order valence-corrected chi connectivity index (χ0v) is 11.4. The highest BCUT2D eigenvalue weighted by Crippen LogP contribution is 2.19. The third kappa shape index (κ3) is 3.03. The van der Waals surface area contributed by atoms with Crippen LogP contribution in [-0.2, 0) is 10.0 Å². The summed E-state index contributed by atoms with van der Waals surface area (Å²) in [4.78, 5) is 17.9. The van der Waals surface area contributed by atoms with Gasteiger partial charge in [0.05, 0.1) is 23.6 Å². The molecular formula is C11H8ClN3O4S. The molecule has 0 amide bonds. The van der Waals surface area contributed by atoms with Gasteiger partial charge in [0.15, 0.2) is 0 Å². The number of carbonyl (C=O) groups is 1. The van der Waals surface area contributed by atoms with Crippen LogP contribution in [0.3, 0.4) is 0 Å². The van der Waals surface area contributed by atoms with E-state index in [2.05, 4.69) is 14.7 Å². The maximum absolute atomic E-state index is 12.1. The molecule has 7 nitrogen and oxygen atoms in total. The predicted octanol–water partition coefficient (Wildman–Crippen LogP) is 1.63. The lowest BCUT2D eigenvalue weighted by Gasteiger charge is -2.09.